The van der Waals surface area contributed by atoms with Gasteiger partial charge in [-0.1, -0.05) is 0 Å². The number of nitrogens with zero attached hydrogens (tertiary/aromatic N) is 5. The summed E-state index contributed by atoms with van der Waals surface area (Å²) in [5.74, 6) is -2.42. The average Bonchev–Trinajstić information content (AvgIpc) is 3.32. The second-order valence-electron chi connectivity index (χ2n) is 8.34. The molecule has 3 aromatic rings. The molecule has 0 spiro atoms. The van der Waals surface area contributed by atoms with E-state index in [-0.39, 0.29) is 5.82 Å². The highest BCUT2D eigenvalue weighted by Gasteiger charge is 2.31. The van der Waals surface area contributed by atoms with Gasteiger partial charge < -0.3 is 14.6 Å². The monoisotopic (exact) mass is 426 g/mol. The van der Waals surface area contributed by atoms with Crippen molar-refractivity contribution in [2.24, 2.45) is 0 Å². The van der Waals surface area contributed by atoms with Crippen LogP contribution in [0, 0.1) is 25.5 Å². The Labute approximate surface area is 178 Å². The lowest BCUT2D eigenvalue weighted by atomic mass is 10.1. The Kier molecular flexibility index (Phi) is 4.85. The van der Waals surface area contributed by atoms with Crippen LogP contribution in [0.25, 0.3) is 5.65 Å². The minimum Gasteiger partial charge on any atom is -0.369 e. The lowest BCUT2D eigenvalue weighted by molar-refractivity contribution is 0.101. The number of hydrogen-bond acceptors (Lipinski definition) is 5. The Hall–Kier alpha value is -3.07. The van der Waals surface area contributed by atoms with Gasteiger partial charge in [0.15, 0.2) is 5.65 Å². The Bertz CT molecular complexity index is 1150. The van der Waals surface area contributed by atoms with Gasteiger partial charge in [0.25, 0.3) is 5.91 Å². The SMILES string of the molecule is Cc1cn2cc(NC(=O)c3c(F)cc(N4CCN5CCCC5C4)cc3F)nc(C)c2n1. The molecule has 1 aromatic carbocycles. The van der Waals surface area contributed by atoms with Crippen molar-refractivity contribution < 1.29 is 13.6 Å². The van der Waals surface area contributed by atoms with Crippen LogP contribution in [0.2, 0.25) is 0 Å². The van der Waals surface area contributed by atoms with Crippen LogP contribution in [0.4, 0.5) is 20.3 Å². The summed E-state index contributed by atoms with van der Waals surface area (Å²) in [6, 6.07) is 2.94. The molecular formula is C22H24F2N6O. The van der Waals surface area contributed by atoms with Gasteiger partial charge in [-0.05, 0) is 45.4 Å². The molecule has 1 unspecified atom stereocenters. The van der Waals surface area contributed by atoms with Crippen molar-refractivity contribution in [2.75, 3.05) is 36.4 Å². The van der Waals surface area contributed by atoms with Crippen molar-refractivity contribution in [2.45, 2.75) is 32.7 Å². The van der Waals surface area contributed by atoms with Gasteiger partial charge in [0.1, 0.15) is 23.0 Å². The number of carbonyl (C=O) groups excluding carboxylic acids is 1. The van der Waals surface area contributed by atoms with E-state index in [9.17, 15) is 13.6 Å². The Morgan fingerprint density at radius 3 is 2.65 bits per heavy atom. The number of rotatable bonds is 3. The normalized spacial score (nSPS) is 19.1. The quantitative estimate of drug-likeness (QED) is 0.697. The number of fused-ring (bicyclic) bond motifs is 2. The molecule has 0 bridgehead atoms. The number of piperazine rings is 1. The summed E-state index contributed by atoms with van der Waals surface area (Å²) in [4.78, 5) is 25.7. The first-order chi connectivity index (χ1) is 14.9. The van der Waals surface area contributed by atoms with Crippen molar-refractivity contribution in [1.82, 2.24) is 19.3 Å². The van der Waals surface area contributed by atoms with Crippen LogP contribution < -0.4 is 10.2 Å². The van der Waals surface area contributed by atoms with Crippen LogP contribution in [0.15, 0.2) is 24.5 Å². The first-order valence-corrected chi connectivity index (χ1v) is 10.5. The number of benzene rings is 1. The van der Waals surface area contributed by atoms with Crippen molar-refractivity contribution >= 4 is 23.1 Å². The molecule has 2 aliphatic rings. The van der Waals surface area contributed by atoms with Crippen molar-refractivity contribution in [1.29, 1.82) is 0 Å². The Morgan fingerprint density at radius 2 is 1.87 bits per heavy atom. The van der Waals surface area contributed by atoms with E-state index in [1.54, 1.807) is 23.7 Å². The Balaban J connectivity index is 1.38. The molecule has 0 radical (unpaired) electrons. The summed E-state index contributed by atoms with van der Waals surface area (Å²) >= 11 is 0. The lowest BCUT2D eigenvalue weighted by Gasteiger charge is -2.38. The third kappa shape index (κ3) is 3.63. The van der Waals surface area contributed by atoms with Crippen LogP contribution in [0.3, 0.4) is 0 Å². The van der Waals surface area contributed by atoms with Gasteiger partial charge >= 0.3 is 0 Å². The number of anilines is 2. The predicted molar refractivity (Wildman–Crippen MR) is 114 cm³/mol. The zero-order chi connectivity index (χ0) is 21.7. The van der Waals surface area contributed by atoms with Crippen molar-refractivity contribution in [3.05, 3.63) is 53.1 Å². The molecule has 1 atom stereocenters. The average molecular weight is 426 g/mol. The van der Waals surface area contributed by atoms with Crippen LogP contribution >= 0.6 is 0 Å². The van der Waals surface area contributed by atoms with Crippen LogP contribution in [0.5, 0.6) is 0 Å². The molecule has 31 heavy (non-hydrogen) atoms. The topological polar surface area (TPSA) is 65.8 Å². The summed E-state index contributed by atoms with van der Waals surface area (Å²) in [5.41, 5.74) is 1.94. The van der Waals surface area contributed by atoms with Gasteiger partial charge in [-0.25, -0.2) is 18.7 Å². The molecule has 2 aromatic heterocycles. The summed E-state index contributed by atoms with van der Waals surface area (Å²) in [7, 11) is 0. The van der Waals surface area contributed by atoms with Gasteiger partial charge in [-0.15, -0.1) is 0 Å². The number of hydrogen-bond donors (Lipinski definition) is 1. The van der Waals surface area contributed by atoms with E-state index in [2.05, 4.69) is 20.2 Å². The molecule has 2 saturated heterocycles. The van der Waals surface area contributed by atoms with E-state index in [0.29, 0.717) is 29.6 Å². The van der Waals surface area contributed by atoms with Gasteiger partial charge in [0.05, 0.1) is 17.6 Å². The van der Waals surface area contributed by atoms with Crippen LogP contribution in [-0.4, -0.2) is 57.4 Å². The fraction of sp³-hybridized carbons (Fsp3) is 0.409. The first kappa shape index (κ1) is 19.9. The maximum Gasteiger partial charge on any atom is 0.262 e. The van der Waals surface area contributed by atoms with Gasteiger partial charge in [0.2, 0.25) is 0 Å². The maximum absolute atomic E-state index is 14.8. The summed E-state index contributed by atoms with van der Waals surface area (Å²) in [5, 5.41) is 2.51. The molecule has 2 aliphatic heterocycles. The predicted octanol–water partition coefficient (Wildman–Crippen LogP) is 3.16. The highest BCUT2D eigenvalue weighted by Crippen LogP contribution is 2.28. The zero-order valence-electron chi connectivity index (χ0n) is 17.5. The number of imidazole rings is 1. The Morgan fingerprint density at radius 1 is 1.10 bits per heavy atom. The van der Waals surface area contributed by atoms with Gasteiger partial charge in [0, 0.05) is 37.6 Å². The molecule has 162 valence electrons. The van der Waals surface area contributed by atoms with Gasteiger partial charge in [-0.2, -0.15) is 0 Å². The number of aryl methyl sites for hydroxylation is 2. The van der Waals surface area contributed by atoms with Crippen LogP contribution in [0.1, 0.15) is 34.6 Å². The number of amides is 1. The molecule has 0 aliphatic carbocycles. The second-order valence-corrected chi connectivity index (χ2v) is 8.34. The lowest BCUT2D eigenvalue weighted by Crippen LogP contribution is -2.50. The highest BCUT2D eigenvalue weighted by molar-refractivity contribution is 6.04. The number of halogens is 2. The molecule has 1 N–H and O–H groups in total. The summed E-state index contributed by atoms with van der Waals surface area (Å²) in [6.45, 7) is 7.06. The van der Waals surface area contributed by atoms with E-state index >= 15 is 0 Å². The number of nitrogens with one attached hydrogen (secondary N) is 1. The number of aromatic nitrogens is 3. The molecule has 9 heteroatoms. The molecule has 0 saturated carbocycles. The zero-order valence-corrected chi connectivity index (χ0v) is 17.5. The molecule has 2 fully saturated rings. The van der Waals surface area contributed by atoms with E-state index in [4.69, 9.17) is 0 Å². The molecule has 1 amide bonds. The van der Waals surface area contributed by atoms with E-state index < -0.39 is 23.1 Å². The molecule has 7 nitrogen and oxygen atoms in total. The smallest absolute Gasteiger partial charge is 0.262 e. The third-order valence-electron chi connectivity index (χ3n) is 6.17. The molecule has 4 heterocycles. The fourth-order valence-electron chi connectivity index (χ4n) is 4.70. The molecule has 5 rings (SSSR count). The molecular weight excluding hydrogens is 402 g/mol. The number of carbonyl (C=O) groups is 1. The van der Waals surface area contributed by atoms with Crippen molar-refractivity contribution in [3.63, 3.8) is 0 Å². The summed E-state index contributed by atoms with van der Waals surface area (Å²) < 4.78 is 31.4. The largest absolute Gasteiger partial charge is 0.369 e. The third-order valence-corrected chi connectivity index (χ3v) is 6.17. The van der Waals surface area contributed by atoms with Gasteiger partial charge in [-0.3, -0.25) is 9.69 Å². The van der Waals surface area contributed by atoms with Crippen molar-refractivity contribution in [3.8, 4) is 0 Å². The second kappa shape index (κ2) is 7.56. The van der Waals surface area contributed by atoms with Crippen LogP contribution in [-0.2, 0) is 0 Å². The van der Waals surface area contributed by atoms with E-state index in [0.717, 1.165) is 38.2 Å². The van der Waals surface area contributed by atoms with E-state index in [1.807, 2.05) is 11.8 Å². The first-order valence-electron chi connectivity index (χ1n) is 10.5. The maximum atomic E-state index is 14.8. The highest BCUT2D eigenvalue weighted by atomic mass is 19.1. The standard InChI is InChI=1S/C22H24F2N6O/c1-13-10-30-12-19(26-14(2)21(30)25-13)27-22(31)20-17(23)8-16(9-18(20)24)29-7-6-28-5-3-4-15(28)11-29/h8-10,12,15H,3-7,11H2,1-2H3,(H,27,31). The minimum atomic E-state index is -0.877. The summed E-state index contributed by atoms with van der Waals surface area (Å²) in [6.07, 6.45) is 5.64. The minimum absolute atomic E-state index is 0.202. The van der Waals surface area contributed by atoms with E-state index in [1.165, 1.54) is 12.1 Å². The fourth-order valence-corrected chi connectivity index (χ4v) is 4.70.